The summed E-state index contributed by atoms with van der Waals surface area (Å²) in [4.78, 5) is 18.0. The molecule has 0 saturated carbocycles. The van der Waals surface area contributed by atoms with Crippen LogP contribution in [0.25, 0.3) is 0 Å². The van der Waals surface area contributed by atoms with Crippen LogP contribution in [0, 0.1) is 5.41 Å². The Morgan fingerprint density at radius 1 is 1.29 bits per heavy atom. The Morgan fingerprint density at radius 3 is 2.41 bits per heavy atom. The van der Waals surface area contributed by atoms with E-state index in [0.717, 1.165) is 25.9 Å². The first-order valence-electron chi connectivity index (χ1n) is 6.12. The molecule has 1 aliphatic rings. The minimum Gasteiger partial charge on any atom is -0.342 e. The molecule has 1 saturated heterocycles. The van der Waals surface area contributed by atoms with Crippen LogP contribution in [-0.4, -0.2) is 38.7 Å². The van der Waals surface area contributed by atoms with Gasteiger partial charge >= 0.3 is 0 Å². The molecule has 94 valence electrons. The highest BCUT2D eigenvalue weighted by Gasteiger charge is 2.30. The SMILES string of the molecule is CC(C)(C)C(=O)N1CCC(n2cncn2)CC1. The van der Waals surface area contributed by atoms with Gasteiger partial charge in [-0.1, -0.05) is 20.8 Å². The Balaban J connectivity index is 1.93. The van der Waals surface area contributed by atoms with E-state index in [1.54, 1.807) is 12.7 Å². The fourth-order valence-electron chi connectivity index (χ4n) is 2.21. The molecule has 1 aromatic rings. The van der Waals surface area contributed by atoms with E-state index in [-0.39, 0.29) is 11.3 Å². The van der Waals surface area contributed by atoms with Gasteiger partial charge < -0.3 is 4.90 Å². The number of hydrogen-bond donors (Lipinski definition) is 0. The molecule has 1 fully saturated rings. The molecule has 0 spiro atoms. The predicted molar refractivity (Wildman–Crippen MR) is 64.3 cm³/mol. The summed E-state index contributed by atoms with van der Waals surface area (Å²) in [6.07, 6.45) is 5.24. The van der Waals surface area contributed by atoms with Gasteiger partial charge in [-0.25, -0.2) is 9.67 Å². The summed E-state index contributed by atoms with van der Waals surface area (Å²) in [5.74, 6) is 0.245. The van der Waals surface area contributed by atoms with Crippen LogP contribution in [0.15, 0.2) is 12.7 Å². The van der Waals surface area contributed by atoms with Crippen molar-refractivity contribution >= 4 is 5.91 Å². The molecule has 5 heteroatoms. The topological polar surface area (TPSA) is 51.0 Å². The lowest BCUT2D eigenvalue weighted by Gasteiger charge is -2.35. The van der Waals surface area contributed by atoms with Crippen molar-refractivity contribution in [2.45, 2.75) is 39.7 Å². The molecule has 0 N–H and O–H groups in total. The number of rotatable bonds is 1. The standard InChI is InChI=1S/C12H20N4O/c1-12(2,3)11(17)15-6-4-10(5-7-15)16-9-13-8-14-16/h8-10H,4-7H2,1-3H3. The number of carbonyl (C=O) groups is 1. The maximum absolute atomic E-state index is 12.1. The molecule has 0 aliphatic carbocycles. The number of nitrogens with zero attached hydrogens (tertiary/aromatic N) is 4. The second-order valence-corrected chi connectivity index (χ2v) is 5.65. The highest BCUT2D eigenvalue weighted by atomic mass is 16.2. The Bertz CT molecular complexity index is 372. The van der Waals surface area contributed by atoms with Gasteiger partial charge in [0.1, 0.15) is 12.7 Å². The molecule has 2 heterocycles. The second kappa shape index (κ2) is 4.47. The summed E-state index contributed by atoms with van der Waals surface area (Å²) in [6.45, 7) is 7.55. The summed E-state index contributed by atoms with van der Waals surface area (Å²) in [7, 11) is 0. The van der Waals surface area contributed by atoms with Crippen molar-refractivity contribution in [3.05, 3.63) is 12.7 Å². The summed E-state index contributed by atoms with van der Waals surface area (Å²) in [5, 5.41) is 4.16. The Kier molecular flexibility index (Phi) is 3.17. The van der Waals surface area contributed by atoms with Crippen molar-refractivity contribution in [3.8, 4) is 0 Å². The van der Waals surface area contributed by atoms with E-state index in [2.05, 4.69) is 10.1 Å². The van der Waals surface area contributed by atoms with Gasteiger partial charge in [0.2, 0.25) is 5.91 Å². The predicted octanol–water partition coefficient (Wildman–Crippen LogP) is 1.49. The highest BCUT2D eigenvalue weighted by molar-refractivity contribution is 5.81. The van der Waals surface area contributed by atoms with E-state index in [4.69, 9.17) is 0 Å². The molecule has 0 aromatic carbocycles. The van der Waals surface area contributed by atoms with Crippen LogP contribution < -0.4 is 0 Å². The minimum absolute atomic E-state index is 0.245. The molecule has 0 bridgehead atoms. The summed E-state index contributed by atoms with van der Waals surface area (Å²) in [5.41, 5.74) is -0.278. The Hall–Kier alpha value is -1.39. The van der Waals surface area contributed by atoms with E-state index in [9.17, 15) is 4.79 Å². The van der Waals surface area contributed by atoms with Crippen molar-refractivity contribution in [2.75, 3.05) is 13.1 Å². The highest BCUT2D eigenvalue weighted by Crippen LogP contribution is 2.25. The maximum Gasteiger partial charge on any atom is 0.227 e. The number of aromatic nitrogens is 3. The average Bonchev–Trinajstić information content (AvgIpc) is 2.80. The van der Waals surface area contributed by atoms with Gasteiger partial charge in [0.15, 0.2) is 0 Å². The van der Waals surface area contributed by atoms with E-state index in [1.807, 2.05) is 30.4 Å². The van der Waals surface area contributed by atoms with Crippen LogP contribution in [0.1, 0.15) is 39.7 Å². The van der Waals surface area contributed by atoms with Crippen LogP contribution in [0.5, 0.6) is 0 Å². The summed E-state index contributed by atoms with van der Waals surface area (Å²) >= 11 is 0. The summed E-state index contributed by atoms with van der Waals surface area (Å²) in [6, 6.07) is 0.390. The zero-order chi connectivity index (χ0) is 12.5. The molecule has 1 amide bonds. The molecule has 5 nitrogen and oxygen atoms in total. The third-order valence-electron chi connectivity index (χ3n) is 3.20. The van der Waals surface area contributed by atoms with Crippen LogP contribution >= 0.6 is 0 Å². The maximum atomic E-state index is 12.1. The lowest BCUT2D eigenvalue weighted by atomic mass is 9.93. The van der Waals surface area contributed by atoms with E-state index < -0.39 is 0 Å². The van der Waals surface area contributed by atoms with Crippen LogP contribution in [0.2, 0.25) is 0 Å². The summed E-state index contributed by atoms with van der Waals surface area (Å²) < 4.78 is 1.90. The normalized spacial score (nSPS) is 18.4. The molecule has 0 radical (unpaired) electrons. The Morgan fingerprint density at radius 2 is 1.94 bits per heavy atom. The van der Waals surface area contributed by atoms with Gasteiger partial charge in [0, 0.05) is 18.5 Å². The van der Waals surface area contributed by atoms with Gasteiger partial charge in [-0.05, 0) is 12.8 Å². The molecule has 0 atom stereocenters. The Labute approximate surface area is 102 Å². The molecular formula is C12H20N4O. The van der Waals surface area contributed by atoms with Gasteiger partial charge in [0.05, 0.1) is 6.04 Å². The number of piperidine rings is 1. The van der Waals surface area contributed by atoms with Crippen molar-refractivity contribution < 1.29 is 4.79 Å². The van der Waals surface area contributed by atoms with E-state index in [1.165, 1.54) is 0 Å². The minimum atomic E-state index is -0.278. The third kappa shape index (κ3) is 2.65. The fraction of sp³-hybridized carbons (Fsp3) is 0.750. The lowest BCUT2D eigenvalue weighted by Crippen LogP contribution is -2.44. The van der Waals surface area contributed by atoms with Gasteiger partial charge in [-0.3, -0.25) is 4.79 Å². The van der Waals surface area contributed by atoms with Gasteiger partial charge in [-0.2, -0.15) is 5.10 Å². The van der Waals surface area contributed by atoms with E-state index >= 15 is 0 Å². The third-order valence-corrected chi connectivity index (χ3v) is 3.20. The van der Waals surface area contributed by atoms with Crippen molar-refractivity contribution in [3.63, 3.8) is 0 Å². The first-order valence-corrected chi connectivity index (χ1v) is 6.12. The fourth-order valence-corrected chi connectivity index (χ4v) is 2.21. The number of hydrogen-bond acceptors (Lipinski definition) is 3. The smallest absolute Gasteiger partial charge is 0.227 e. The van der Waals surface area contributed by atoms with Crippen molar-refractivity contribution in [1.29, 1.82) is 0 Å². The van der Waals surface area contributed by atoms with Crippen molar-refractivity contribution in [1.82, 2.24) is 19.7 Å². The van der Waals surface area contributed by atoms with Crippen LogP contribution in [0.3, 0.4) is 0 Å². The molecule has 0 unspecified atom stereocenters. The number of amides is 1. The zero-order valence-electron chi connectivity index (χ0n) is 10.8. The molecule has 1 aromatic heterocycles. The molecule has 2 rings (SSSR count). The molecule has 17 heavy (non-hydrogen) atoms. The number of likely N-dealkylation sites (tertiary alicyclic amines) is 1. The number of carbonyl (C=O) groups excluding carboxylic acids is 1. The monoisotopic (exact) mass is 236 g/mol. The van der Waals surface area contributed by atoms with Crippen LogP contribution in [0.4, 0.5) is 0 Å². The lowest BCUT2D eigenvalue weighted by molar-refractivity contribution is -0.140. The first-order chi connectivity index (χ1) is 7.98. The van der Waals surface area contributed by atoms with Gasteiger partial charge in [0.25, 0.3) is 0 Å². The quantitative estimate of drug-likeness (QED) is 0.742. The van der Waals surface area contributed by atoms with Crippen molar-refractivity contribution in [2.24, 2.45) is 5.41 Å². The first kappa shape index (κ1) is 12.1. The zero-order valence-corrected chi connectivity index (χ0v) is 10.8. The second-order valence-electron chi connectivity index (χ2n) is 5.65. The van der Waals surface area contributed by atoms with E-state index in [0.29, 0.717) is 6.04 Å². The van der Waals surface area contributed by atoms with Crippen LogP contribution in [-0.2, 0) is 4.79 Å². The average molecular weight is 236 g/mol. The van der Waals surface area contributed by atoms with Gasteiger partial charge in [-0.15, -0.1) is 0 Å². The largest absolute Gasteiger partial charge is 0.342 e. The molecule has 1 aliphatic heterocycles. The molecular weight excluding hydrogens is 216 g/mol.